The maximum atomic E-state index is 12.2. The number of carbonyl (C=O) groups is 1. The second kappa shape index (κ2) is 6.95. The van der Waals surface area contributed by atoms with Gasteiger partial charge in [-0.3, -0.25) is 4.79 Å². The fourth-order valence-corrected chi connectivity index (χ4v) is 2.72. The molecule has 0 bridgehead atoms. The number of anilines is 1. The Hall–Kier alpha value is -1.26. The van der Waals surface area contributed by atoms with Gasteiger partial charge in [0.1, 0.15) is 5.75 Å². The van der Waals surface area contributed by atoms with Gasteiger partial charge in [0, 0.05) is 19.2 Å². The second-order valence-corrected chi connectivity index (χ2v) is 5.58. The third kappa shape index (κ3) is 3.64. The summed E-state index contributed by atoms with van der Waals surface area (Å²) < 4.78 is 5.11. The molecule has 1 fully saturated rings. The number of methoxy groups -OCH3 is 1. The molecule has 0 spiro atoms. The van der Waals surface area contributed by atoms with E-state index >= 15 is 0 Å². The molecule has 0 aromatic heterocycles. The monoisotopic (exact) mass is 296 g/mol. The van der Waals surface area contributed by atoms with E-state index in [0.717, 1.165) is 25.2 Å². The third-order valence-electron chi connectivity index (χ3n) is 3.83. The van der Waals surface area contributed by atoms with Crippen molar-refractivity contribution in [3.05, 3.63) is 23.2 Å². The molecule has 1 aromatic carbocycles. The van der Waals surface area contributed by atoms with Crippen LogP contribution in [0.4, 0.5) is 5.69 Å². The van der Waals surface area contributed by atoms with Crippen LogP contribution in [0, 0.1) is 5.92 Å². The first-order chi connectivity index (χ1) is 9.61. The smallest absolute Gasteiger partial charge is 0.226 e. The van der Waals surface area contributed by atoms with E-state index < -0.39 is 0 Å². The quantitative estimate of drug-likeness (QED) is 0.908. The van der Waals surface area contributed by atoms with Crippen molar-refractivity contribution in [2.24, 2.45) is 5.92 Å². The Morgan fingerprint density at radius 2 is 2.35 bits per heavy atom. The summed E-state index contributed by atoms with van der Waals surface area (Å²) in [5, 5.41) is 3.84. The Morgan fingerprint density at radius 3 is 2.95 bits per heavy atom. The van der Waals surface area contributed by atoms with E-state index in [9.17, 15) is 4.79 Å². The highest BCUT2D eigenvalue weighted by Crippen LogP contribution is 2.29. The minimum Gasteiger partial charge on any atom is -0.495 e. The maximum Gasteiger partial charge on any atom is 0.226 e. The zero-order chi connectivity index (χ0) is 14.5. The van der Waals surface area contributed by atoms with E-state index in [0.29, 0.717) is 23.1 Å². The number of hydrogen-bond donors (Lipinski definition) is 1. The molecule has 0 aliphatic carbocycles. The van der Waals surface area contributed by atoms with Crippen LogP contribution in [-0.4, -0.2) is 33.2 Å². The summed E-state index contributed by atoms with van der Waals surface area (Å²) in [5.41, 5.74) is 0.797. The van der Waals surface area contributed by atoms with Gasteiger partial charge in [-0.2, -0.15) is 0 Å². The molecule has 1 amide bonds. The molecule has 110 valence electrons. The molecule has 2 rings (SSSR count). The van der Waals surface area contributed by atoms with Crippen molar-refractivity contribution in [1.29, 1.82) is 0 Å². The van der Waals surface area contributed by atoms with Gasteiger partial charge < -0.3 is 15.0 Å². The fourth-order valence-electron chi connectivity index (χ4n) is 2.46. The van der Waals surface area contributed by atoms with Crippen molar-refractivity contribution in [2.45, 2.75) is 19.3 Å². The number of rotatable bonds is 5. The first kappa shape index (κ1) is 15.1. The van der Waals surface area contributed by atoms with Gasteiger partial charge in [-0.15, -0.1) is 0 Å². The van der Waals surface area contributed by atoms with Crippen LogP contribution < -0.4 is 15.0 Å². The standard InChI is InChI=1S/C15H21ClN2O2/c1-18(12-4-5-14(20-2)13(16)9-12)15(19)6-3-11-7-8-17-10-11/h4-5,9,11,17H,3,6-8,10H2,1-2H3. The average Bonchev–Trinajstić information content (AvgIpc) is 2.97. The van der Waals surface area contributed by atoms with Crippen molar-refractivity contribution in [1.82, 2.24) is 5.32 Å². The van der Waals surface area contributed by atoms with Crippen molar-refractivity contribution >= 4 is 23.2 Å². The number of nitrogens with zero attached hydrogens (tertiary/aromatic N) is 1. The molecule has 1 heterocycles. The van der Waals surface area contributed by atoms with E-state index in [4.69, 9.17) is 16.3 Å². The topological polar surface area (TPSA) is 41.6 Å². The largest absolute Gasteiger partial charge is 0.495 e. The van der Waals surface area contributed by atoms with E-state index in [1.54, 1.807) is 31.2 Å². The van der Waals surface area contributed by atoms with Crippen LogP contribution in [0.25, 0.3) is 0 Å². The molecular formula is C15H21ClN2O2. The van der Waals surface area contributed by atoms with Crippen LogP contribution in [0.2, 0.25) is 5.02 Å². The number of benzene rings is 1. The van der Waals surface area contributed by atoms with Crippen molar-refractivity contribution in [3.8, 4) is 5.75 Å². The summed E-state index contributed by atoms with van der Waals surface area (Å²) >= 11 is 6.09. The summed E-state index contributed by atoms with van der Waals surface area (Å²) in [4.78, 5) is 13.9. The zero-order valence-electron chi connectivity index (χ0n) is 12.0. The Morgan fingerprint density at radius 1 is 1.55 bits per heavy atom. The molecule has 1 atom stereocenters. The van der Waals surface area contributed by atoms with Crippen LogP contribution in [0.3, 0.4) is 0 Å². The van der Waals surface area contributed by atoms with E-state index in [1.165, 1.54) is 6.42 Å². The highest BCUT2D eigenvalue weighted by molar-refractivity contribution is 6.32. The van der Waals surface area contributed by atoms with Gasteiger partial charge in [0.2, 0.25) is 5.91 Å². The molecule has 20 heavy (non-hydrogen) atoms. The van der Waals surface area contributed by atoms with Gasteiger partial charge >= 0.3 is 0 Å². The summed E-state index contributed by atoms with van der Waals surface area (Å²) in [7, 11) is 3.36. The summed E-state index contributed by atoms with van der Waals surface area (Å²) in [6.07, 6.45) is 2.69. The molecule has 1 aliphatic rings. The molecule has 0 radical (unpaired) electrons. The van der Waals surface area contributed by atoms with Crippen molar-refractivity contribution < 1.29 is 9.53 Å². The SMILES string of the molecule is COc1ccc(N(C)C(=O)CCC2CCNC2)cc1Cl. The number of nitrogens with one attached hydrogen (secondary N) is 1. The highest BCUT2D eigenvalue weighted by atomic mass is 35.5. The van der Waals surface area contributed by atoms with Gasteiger partial charge in [0.15, 0.2) is 0 Å². The molecule has 5 heteroatoms. The lowest BCUT2D eigenvalue weighted by Gasteiger charge is -2.19. The van der Waals surface area contributed by atoms with Crippen LogP contribution >= 0.6 is 11.6 Å². The number of halogens is 1. The van der Waals surface area contributed by atoms with Crippen molar-refractivity contribution in [3.63, 3.8) is 0 Å². The Balaban J connectivity index is 1.93. The van der Waals surface area contributed by atoms with Gasteiger partial charge in [-0.05, 0) is 50.0 Å². The van der Waals surface area contributed by atoms with Crippen LogP contribution in [0.5, 0.6) is 5.75 Å². The van der Waals surface area contributed by atoms with Crippen molar-refractivity contribution in [2.75, 3.05) is 32.1 Å². The summed E-state index contributed by atoms with van der Waals surface area (Å²) in [6.45, 7) is 2.11. The van der Waals surface area contributed by atoms with E-state index in [2.05, 4.69) is 5.32 Å². The molecule has 1 unspecified atom stereocenters. The minimum atomic E-state index is 0.123. The predicted molar refractivity (Wildman–Crippen MR) is 81.6 cm³/mol. The van der Waals surface area contributed by atoms with Gasteiger partial charge in [0.25, 0.3) is 0 Å². The highest BCUT2D eigenvalue weighted by Gasteiger charge is 2.18. The Bertz CT molecular complexity index is 473. The Labute approximate surface area is 125 Å². The normalized spacial score (nSPS) is 18.1. The van der Waals surface area contributed by atoms with Crippen LogP contribution in [-0.2, 0) is 4.79 Å². The minimum absolute atomic E-state index is 0.123. The van der Waals surface area contributed by atoms with Gasteiger partial charge in [-0.25, -0.2) is 0 Å². The predicted octanol–water partition coefficient (Wildman–Crippen LogP) is 2.70. The lowest BCUT2D eigenvalue weighted by molar-refractivity contribution is -0.118. The number of carbonyl (C=O) groups excluding carboxylic acids is 1. The first-order valence-corrected chi connectivity index (χ1v) is 7.30. The molecular weight excluding hydrogens is 276 g/mol. The lowest BCUT2D eigenvalue weighted by atomic mass is 10.0. The molecule has 1 saturated heterocycles. The summed E-state index contributed by atoms with van der Waals surface area (Å²) in [5.74, 6) is 1.37. The van der Waals surface area contributed by atoms with Gasteiger partial charge in [0.05, 0.1) is 12.1 Å². The Kier molecular flexibility index (Phi) is 5.26. The molecule has 0 saturated carbocycles. The van der Waals surface area contributed by atoms with Gasteiger partial charge in [-0.1, -0.05) is 11.6 Å². The van der Waals surface area contributed by atoms with E-state index in [-0.39, 0.29) is 5.91 Å². The fraction of sp³-hybridized carbons (Fsp3) is 0.533. The first-order valence-electron chi connectivity index (χ1n) is 6.92. The second-order valence-electron chi connectivity index (χ2n) is 5.17. The van der Waals surface area contributed by atoms with Crippen LogP contribution in [0.15, 0.2) is 18.2 Å². The third-order valence-corrected chi connectivity index (χ3v) is 4.12. The zero-order valence-corrected chi connectivity index (χ0v) is 12.7. The number of amides is 1. The maximum absolute atomic E-state index is 12.2. The average molecular weight is 297 g/mol. The summed E-state index contributed by atoms with van der Waals surface area (Å²) in [6, 6.07) is 5.39. The molecule has 1 N–H and O–H groups in total. The van der Waals surface area contributed by atoms with E-state index in [1.807, 2.05) is 6.07 Å². The number of ether oxygens (including phenoxy) is 1. The van der Waals surface area contributed by atoms with Crippen LogP contribution in [0.1, 0.15) is 19.3 Å². The molecule has 1 aliphatic heterocycles. The number of hydrogen-bond acceptors (Lipinski definition) is 3. The molecule has 4 nitrogen and oxygen atoms in total. The lowest BCUT2D eigenvalue weighted by Crippen LogP contribution is -2.26. The molecule has 1 aromatic rings.